The fraction of sp³-hybridized carbons (Fsp3) is 0.143. The van der Waals surface area contributed by atoms with Crippen molar-refractivity contribution < 1.29 is 27.1 Å². The molecule has 2 heterocycles. The molecular weight excluding hydrogens is 417 g/mol. The summed E-state index contributed by atoms with van der Waals surface area (Å²) in [6.45, 7) is 0.0268. The lowest BCUT2D eigenvalue weighted by molar-refractivity contribution is -0.137. The molecule has 0 aliphatic rings. The average molecular weight is 432 g/mol. The number of methoxy groups -OCH3 is 1. The topological polar surface area (TPSA) is 55.6 Å². The molecule has 0 aliphatic carbocycles. The molecule has 4 rings (SSSR count). The van der Waals surface area contributed by atoms with Crippen LogP contribution >= 0.6 is 11.3 Å². The summed E-state index contributed by atoms with van der Waals surface area (Å²) in [6.07, 6.45) is -3.08. The summed E-state index contributed by atoms with van der Waals surface area (Å²) in [4.78, 5) is 19.0. The van der Waals surface area contributed by atoms with E-state index in [1.807, 2.05) is 6.07 Å². The van der Waals surface area contributed by atoms with Crippen LogP contribution in [0.25, 0.3) is 10.2 Å². The van der Waals surface area contributed by atoms with Crippen molar-refractivity contribution in [2.24, 2.45) is 0 Å². The summed E-state index contributed by atoms with van der Waals surface area (Å²) in [7, 11) is 1.54. The molecule has 5 nitrogen and oxygen atoms in total. The maximum absolute atomic E-state index is 13.2. The molecule has 0 saturated carbocycles. The van der Waals surface area contributed by atoms with Gasteiger partial charge in [-0.3, -0.25) is 9.69 Å². The Hall–Kier alpha value is -3.33. The first-order valence-corrected chi connectivity index (χ1v) is 9.63. The summed E-state index contributed by atoms with van der Waals surface area (Å²) in [6, 6.07) is 13.0. The van der Waals surface area contributed by atoms with Crippen molar-refractivity contribution in [3.05, 3.63) is 77.7 Å². The predicted octanol–water partition coefficient (Wildman–Crippen LogP) is 5.76. The molecule has 154 valence electrons. The van der Waals surface area contributed by atoms with E-state index in [-0.39, 0.29) is 12.1 Å². The minimum absolute atomic E-state index is 0.0268. The van der Waals surface area contributed by atoms with Crippen molar-refractivity contribution in [2.75, 3.05) is 12.0 Å². The van der Waals surface area contributed by atoms with Gasteiger partial charge in [0.05, 0.1) is 35.7 Å². The number of hydrogen-bond donors (Lipinski definition) is 0. The Morgan fingerprint density at radius 1 is 1.17 bits per heavy atom. The Morgan fingerprint density at radius 3 is 2.70 bits per heavy atom. The smallest absolute Gasteiger partial charge is 0.416 e. The first-order chi connectivity index (χ1) is 14.3. The number of ether oxygens (including phenoxy) is 1. The van der Waals surface area contributed by atoms with E-state index >= 15 is 0 Å². The fourth-order valence-electron chi connectivity index (χ4n) is 2.91. The highest BCUT2D eigenvalue weighted by Crippen LogP contribution is 2.34. The number of alkyl halides is 3. The molecule has 0 spiro atoms. The largest absolute Gasteiger partial charge is 0.497 e. The van der Waals surface area contributed by atoms with Crippen LogP contribution in [0.1, 0.15) is 21.7 Å². The van der Waals surface area contributed by atoms with Crippen molar-refractivity contribution in [3.63, 3.8) is 0 Å². The number of fused-ring (bicyclic) bond motifs is 1. The number of rotatable bonds is 5. The van der Waals surface area contributed by atoms with Gasteiger partial charge in [0.1, 0.15) is 11.5 Å². The summed E-state index contributed by atoms with van der Waals surface area (Å²) < 4.78 is 50.7. The molecule has 0 saturated heterocycles. The minimum atomic E-state index is -4.55. The van der Waals surface area contributed by atoms with Gasteiger partial charge in [0.2, 0.25) is 0 Å². The van der Waals surface area contributed by atoms with Crippen molar-refractivity contribution in [2.45, 2.75) is 12.7 Å². The monoisotopic (exact) mass is 432 g/mol. The van der Waals surface area contributed by atoms with Crippen LogP contribution in [0.15, 0.2) is 65.3 Å². The first kappa shape index (κ1) is 20.0. The van der Waals surface area contributed by atoms with Crippen molar-refractivity contribution >= 4 is 32.6 Å². The average Bonchev–Trinajstić information content (AvgIpc) is 3.39. The van der Waals surface area contributed by atoms with Crippen LogP contribution in [0, 0.1) is 0 Å². The third kappa shape index (κ3) is 4.02. The van der Waals surface area contributed by atoms with Gasteiger partial charge >= 0.3 is 6.18 Å². The second-order valence-corrected chi connectivity index (χ2v) is 7.39. The zero-order chi connectivity index (χ0) is 21.3. The molecule has 0 aliphatic heterocycles. The number of benzene rings is 2. The molecule has 9 heteroatoms. The first-order valence-electron chi connectivity index (χ1n) is 8.81. The number of aromatic nitrogens is 1. The molecular formula is C21H15F3N2O3S. The van der Waals surface area contributed by atoms with Crippen molar-refractivity contribution in [3.8, 4) is 5.75 Å². The number of hydrogen-bond acceptors (Lipinski definition) is 5. The number of halogens is 3. The SMILES string of the molecule is COc1ccc2sc(N(Cc3ccco3)C(=O)c3cccc(C(F)(F)F)c3)nc2c1. The van der Waals surface area contributed by atoms with E-state index in [0.29, 0.717) is 22.2 Å². The third-order valence-electron chi connectivity index (χ3n) is 4.39. The Balaban J connectivity index is 1.76. The Morgan fingerprint density at radius 2 is 2.00 bits per heavy atom. The van der Waals surface area contributed by atoms with Gasteiger partial charge in [-0.15, -0.1) is 0 Å². The number of carbonyl (C=O) groups is 1. The maximum Gasteiger partial charge on any atom is 0.416 e. The molecule has 0 radical (unpaired) electrons. The highest BCUT2D eigenvalue weighted by Gasteiger charge is 2.32. The number of furan rings is 1. The second kappa shape index (κ2) is 7.83. The van der Waals surface area contributed by atoms with Crippen molar-refractivity contribution in [1.82, 2.24) is 4.98 Å². The van der Waals surface area contributed by atoms with E-state index in [9.17, 15) is 18.0 Å². The number of carbonyl (C=O) groups excluding carboxylic acids is 1. The van der Waals surface area contributed by atoms with E-state index in [1.54, 1.807) is 24.3 Å². The fourth-order valence-corrected chi connectivity index (χ4v) is 3.85. The molecule has 0 unspecified atom stereocenters. The summed E-state index contributed by atoms with van der Waals surface area (Å²) >= 11 is 1.25. The van der Waals surface area contributed by atoms with Crippen LogP contribution in [-0.4, -0.2) is 18.0 Å². The van der Waals surface area contributed by atoms with Gasteiger partial charge in [0, 0.05) is 11.6 Å². The highest BCUT2D eigenvalue weighted by molar-refractivity contribution is 7.22. The number of nitrogens with zero attached hydrogens (tertiary/aromatic N) is 2. The zero-order valence-corrected chi connectivity index (χ0v) is 16.5. The van der Waals surface area contributed by atoms with Gasteiger partial charge in [0.15, 0.2) is 5.13 Å². The minimum Gasteiger partial charge on any atom is -0.497 e. The second-order valence-electron chi connectivity index (χ2n) is 6.38. The van der Waals surface area contributed by atoms with Crippen LogP contribution in [0.5, 0.6) is 5.75 Å². The molecule has 0 N–H and O–H groups in total. The van der Waals surface area contributed by atoms with Gasteiger partial charge in [-0.05, 0) is 42.5 Å². The normalized spacial score (nSPS) is 11.6. The summed E-state index contributed by atoms with van der Waals surface area (Å²) in [5.41, 5.74) is -0.357. The Labute approximate surface area is 173 Å². The van der Waals surface area contributed by atoms with Crippen LogP contribution < -0.4 is 9.64 Å². The lowest BCUT2D eigenvalue weighted by Crippen LogP contribution is -2.30. The molecule has 0 fully saturated rings. The lowest BCUT2D eigenvalue weighted by atomic mass is 10.1. The van der Waals surface area contributed by atoms with Gasteiger partial charge in [-0.1, -0.05) is 17.4 Å². The van der Waals surface area contributed by atoms with E-state index in [1.165, 1.54) is 41.7 Å². The molecule has 2 aromatic heterocycles. The molecule has 4 aromatic rings. The quantitative estimate of drug-likeness (QED) is 0.402. The van der Waals surface area contributed by atoms with E-state index < -0.39 is 17.6 Å². The zero-order valence-electron chi connectivity index (χ0n) is 15.6. The van der Waals surface area contributed by atoms with E-state index in [2.05, 4.69) is 4.98 Å². The van der Waals surface area contributed by atoms with E-state index in [0.717, 1.165) is 16.8 Å². The molecule has 2 aromatic carbocycles. The van der Waals surface area contributed by atoms with Gasteiger partial charge in [-0.25, -0.2) is 4.98 Å². The Bertz CT molecular complexity index is 1190. The van der Waals surface area contributed by atoms with Crippen LogP contribution in [0.3, 0.4) is 0 Å². The summed E-state index contributed by atoms with van der Waals surface area (Å²) in [5.74, 6) is 0.483. The third-order valence-corrected chi connectivity index (χ3v) is 5.45. The maximum atomic E-state index is 13.2. The van der Waals surface area contributed by atoms with Gasteiger partial charge in [0.25, 0.3) is 5.91 Å². The van der Waals surface area contributed by atoms with Gasteiger partial charge in [-0.2, -0.15) is 13.2 Å². The highest BCUT2D eigenvalue weighted by atomic mass is 32.1. The van der Waals surface area contributed by atoms with Crippen LogP contribution in [0.4, 0.5) is 18.3 Å². The van der Waals surface area contributed by atoms with Crippen LogP contribution in [-0.2, 0) is 12.7 Å². The summed E-state index contributed by atoms with van der Waals surface area (Å²) in [5, 5.41) is 0.345. The molecule has 1 amide bonds. The predicted molar refractivity (Wildman–Crippen MR) is 107 cm³/mol. The molecule has 30 heavy (non-hydrogen) atoms. The number of anilines is 1. The number of thiazole rings is 1. The van der Waals surface area contributed by atoms with Crippen LogP contribution in [0.2, 0.25) is 0 Å². The molecule has 0 bridgehead atoms. The standard InChI is InChI=1S/C21H15F3N2O3S/c1-28-15-7-8-18-17(11-15)25-20(30-18)26(12-16-6-3-9-29-16)19(27)13-4-2-5-14(10-13)21(22,23)24/h2-11H,12H2,1H3. The number of amides is 1. The lowest BCUT2D eigenvalue weighted by Gasteiger charge is -2.19. The van der Waals surface area contributed by atoms with E-state index in [4.69, 9.17) is 9.15 Å². The molecule has 0 atom stereocenters. The van der Waals surface area contributed by atoms with Gasteiger partial charge < -0.3 is 9.15 Å². The Kier molecular flexibility index (Phi) is 5.21. The van der Waals surface area contributed by atoms with Crippen molar-refractivity contribution in [1.29, 1.82) is 0 Å².